The van der Waals surface area contributed by atoms with Crippen LogP contribution in [0.25, 0.3) is 11.4 Å². The summed E-state index contributed by atoms with van der Waals surface area (Å²) in [7, 11) is 0. The molecule has 1 saturated heterocycles. The van der Waals surface area contributed by atoms with Crippen LogP contribution in [-0.2, 0) is 11.2 Å². The summed E-state index contributed by atoms with van der Waals surface area (Å²) in [5, 5.41) is 17.0. The van der Waals surface area contributed by atoms with Crippen molar-refractivity contribution in [1.29, 1.82) is 0 Å². The largest absolute Gasteiger partial charge is 0.377 e. The van der Waals surface area contributed by atoms with Gasteiger partial charge in [0.2, 0.25) is 0 Å². The van der Waals surface area contributed by atoms with E-state index in [4.69, 9.17) is 4.74 Å². The van der Waals surface area contributed by atoms with Gasteiger partial charge in [0.05, 0.1) is 61.0 Å². The van der Waals surface area contributed by atoms with Crippen LogP contribution in [0.1, 0.15) is 27.0 Å². The van der Waals surface area contributed by atoms with Crippen molar-refractivity contribution in [2.45, 2.75) is 26.3 Å². The molecule has 33 heavy (non-hydrogen) atoms. The molecule has 4 aromatic rings. The first-order valence-corrected chi connectivity index (χ1v) is 10.9. The van der Waals surface area contributed by atoms with E-state index in [2.05, 4.69) is 38.6 Å². The Bertz CT molecular complexity index is 1250. The van der Waals surface area contributed by atoms with Crippen LogP contribution in [0.2, 0.25) is 0 Å². The number of aromatic nitrogens is 6. The lowest BCUT2D eigenvalue weighted by Crippen LogP contribution is -2.50. The van der Waals surface area contributed by atoms with Gasteiger partial charge in [-0.15, -0.1) is 0 Å². The van der Waals surface area contributed by atoms with Crippen molar-refractivity contribution >= 4 is 5.91 Å². The first-order chi connectivity index (χ1) is 16.1. The van der Waals surface area contributed by atoms with Crippen molar-refractivity contribution in [3.8, 4) is 11.4 Å². The summed E-state index contributed by atoms with van der Waals surface area (Å²) >= 11 is 0. The van der Waals surface area contributed by atoms with E-state index >= 15 is 0 Å². The molecule has 0 aliphatic carbocycles. The van der Waals surface area contributed by atoms with E-state index in [1.54, 1.807) is 29.6 Å². The molecule has 0 spiro atoms. The quantitative estimate of drug-likeness (QED) is 0.471. The van der Waals surface area contributed by atoms with Gasteiger partial charge in [0, 0.05) is 6.54 Å². The summed E-state index contributed by atoms with van der Waals surface area (Å²) in [6.45, 7) is 5.55. The van der Waals surface area contributed by atoms with E-state index in [0.717, 1.165) is 22.4 Å². The second-order valence-electron chi connectivity index (χ2n) is 8.21. The predicted molar refractivity (Wildman–Crippen MR) is 122 cm³/mol. The van der Waals surface area contributed by atoms with Gasteiger partial charge in [-0.1, -0.05) is 18.2 Å². The zero-order chi connectivity index (χ0) is 22.8. The molecule has 1 unspecified atom stereocenters. The highest BCUT2D eigenvalue weighted by Gasteiger charge is 2.30. The number of ether oxygens (including phenoxy) is 1. The third-order valence-electron chi connectivity index (χ3n) is 5.89. The third-order valence-corrected chi connectivity index (χ3v) is 5.89. The highest BCUT2D eigenvalue weighted by molar-refractivity contribution is 5.98. The van der Waals surface area contributed by atoms with Crippen LogP contribution in [0.5, 0.6) is 0 Å². The number of carbonyl (C=O) groups is 1. The van der Waals surface area contributed by atoms with E-state index in [1.807, 2.05) is 36.9 Å². The Labute approximate surface area is 191 Å². The Morgan fingerprint density at radius 3 is 2.36 bits per heavy atom. The fourth-order valence-electron chi connectivity index (χ4n) is 4.18. The zero-order valence-electron chi connectivity index (χ0n) is 18.6. The van der Waals surface area contributed by atoms with E-state index in [9.17, 15) is 4.79 Å². The normalized spacial score (nSPS) is 16.2. The zero-order valence-corrected chi connectivity index (χ0v) is 18.6. The Hall–Kier alpha value is -3.85. The van der Waals surface area contributed by atoms with Gasteiger partial charge in [0.1, 0.15) is 0 Å². The van der Waals surface area contributed by atoms with Crippen LogP contribution >= 0.6 is 0 Å². The average molecular weight is 444 g/mol. The maximum absolute atomic E-state index is 13.7. The lowest BCUT2D eigenvalue weighted by atomic mass is 10.0. The molecular formula is C24H25N7O2. The molecular weight excluding hydrogens is 418 g/mol. The highest BCUT2D eigenvalue weighted by Crippen LogP contribution is 2.23. The lowest BCUT2D eigenvalue weighted by molar-refractivity contribution is -0.00165. The lowest BCUT2D eigenvalue weighted by Gasteiger charge is -2.36. The molecule has 3 heterocycles. The van der Waals surface area contributed by atoms with Gasteiger partial charge < -0.3 is 9.64 Å². The Morgan fingerprint density at radius 2 is 1.64 bits per heavy atom. The van der Waals surface area contributed by atoms with Gasteiger partial charge in [-0.3, -0.25) is 4.79 Å². The minimum absolute atomic E-state index is 0.0447. The number of rotatable bonds is 5. The molecule has 2 aromatic heterocycles. The summed E-state index contributed by atoms with van der Waals surface area (Å²) in [6, 6.07) is 11.9. The van der Waals surface area contributed by atoms with Gasteiger partial charge in [-0.25, -0.2) is 0 Å². The van der Waals surface area contributed by atoms with Crippen molar-refractivity contribution in [2.24, 2.45) is 0 Å². The molecule has 9 heteroatoms. The topological polar surface area (TPSA) is 91.0 Å². The molecule has 1 amide bonds. The van der Waals surface area contributed by atoms with Crippen LogP contribution in [0.4, 0.5) is 0 Å². The van der Waals surface area contributed by atoms with E-state index in [1.165, 1.54) is 4.80 Å². The summed E-state index contributed by atoms with van der Waals surface area (Å²) < 4.78 is 5.76. The van der Waals surface area contributed by atoms with Crippen LogP contribution in [-0.4, -0.2) is 66.6 Å². The average Bonchev–Trinajstić information content (AvgIpc) is 3.55. The maximum atomic E-state index is 13.7. The molecule has 1 fully saturated rings. The van der Waals surface area contributed by atoms with E-state index < -0.39 is 0 Å². The number of amides is 1. The van der Waals surface area contributed by atoms with Crippen LogP contribution in [0.15, 0.2) is 61.2 Å². The monoisotopic (exact) mass is 443 g/mol. The summed E-state index contributed by atoms with van der Waals surface area (Å²) in [6.07, 6.45) is 7.21. The van der Waals surface area contributed by atoms with Crippen molar-refractivity contribution in [3.05, 3.63) is 83.4 Å². The molecule has 9 nitrogen and oxygen atoms in total. The predicted octanol–water partition coefficient (Wildman–Crippen LogP) is 2.55. The summed E-state index contributed by atoms with van der Waals surface area (Å²) in [4.78, 5) is 18.7. The summed E-state index contributed by atoms with van der Waals surface area (Å²) in [5.41, 5.74) is 5.40. The fraction of sp³-hybridized carbons (Fsp3) is 0.292. The Kier molecular flexibility index (Phi) is 5.70. The molecule has 1 aliphatic rings. The molecule has 1 aliphatic heterocycles. The maximum Gasteiger partial charge on any atom is 0.256 e. The van der Waals surface area contributed by atoms with Gasteiger partial charge in [0.25, 0.3) is 5.91 Å². The van der Waals surface area contributed by atoms with Crippen molar-refractivity contribution < 1.29 is 9.53 Å². The van der Waals surface area contributed by atoms with Crippen LogP contribution in [0, 0.1) is 13.8 Å². The Balaban J connectivity index is 1.44. The van der Waals surface area contributed by atoms with Crippen molar-refractivity contribution in [2.75, 3.05) is 19.8 Å². The Morgan fingerprint density at radius 1 is 0.939 bits per heavy atom. The number of aryl methyl sites for hydroxylation is 2. The SMILES string of the molecule is Cc1ccc(C(=O)N2CCOCC2Cc2ccc(C)c(-n3nccn3)c2)c(-n2nccn2)c1. The van der Waals surface area contributed by atoms with Crippen molar-refractivity contribution in [1.82, 2.24) is 34.9 Å². The summed E-state index contributed by atoms with van der Waals surface area (Å²) in [5.74, 6) is -0.0447. The number of carbonyl (C=O) groups excluding carboxylic acids is 1. The van der Waals surface area contributed by atoms with Gasteiger partial charge in [-0.05, 0) is 55.2 Å². The van der Waals surface area contributed by atoms with Crippen molar-refractivity contribution in [3.63, 3.8) is 0 Å². The van der Waals surface area contributed by atoms with Crippen LogP contribution in [0.3, 0.4) is 0 Å². The standard InChI is InChI=1S/C24H25N7O2/c1-17-3-6-21(23(13-17)31-27-9-10-28-31)24(32)29-11-12-33-16-20(29)14-19-5-4-18(2)22(15-19)30-25-7-8-26-30/h3-10,13,15,20H,11-12,14,16H2,1-2H3. The second-order valence-corrected chi connectivity index (χ2v) is 8.21. The fourth-order valence-corrected chi connectivity index (χ4v) is 4.18. The van der Waals surface area contributed by atoms with Gasteiger partial charge in [-0.2, -0.15) is 30.0 Å². The smallest absolute Gasteiger partial charge is 0.256 e. The molecule has 1 atom stereocenters. The third kappa shape index (κ3) is 4.27. The minimum Gasteiger partial charge on any atom is -0.377 e. The van der Waals surface area contributed by atoms with Gasteiger partial charge >= 0.3 is 0 Å². The first-order valence-electron chi connectivity index (χ1n) is 10.9. The molecule has 168 valence electrons. The molecule has 2 aromatic carbocycles. The van der Waals surface area contributed by atoms with Crippen LogP contribution < -0.4 is 0 Å². The highest BCUT2D eigenvalue weighted by atomic mass is 16.5. The molecule has 5 rings (SSSR count). The molecule has 0 bridgehead atoms. The molecule has 0 saturated carbocycles. The van der Waals surface area contributed by atoms with E-state index in [-0.39, 0.29) is 11.9 Å². The number of hydrogen-bond donors (Lipinski definition) is 0. The first kappa shape index (κ1) is 21.0. The number of hydrogen-bond acceptors (Lipinski definition) is 6. The van der Waals surface area contributed by atoms with Gasteiger partial charge in [0.15, 0.2) is 0 Å². The number of benzene rings is 2. The molecule has 0 N–H and O–H groups in total. The number of morpholine rings is 1. The molecule has 0 radical (unpaired) electrons. The minimum atomic E-state index is -0.0906. The number of nitrogens with zero attached hydrogens (tertiary/aromatic N) is 7. The van der Waals surface area contributed by atoms with E-state index in [0.29, 0.717) is 37.4 Å². The second kappa shape index (κ2) is 8.95.